The highest BCUT2D eigenvalue weighted by atomic mass is 16.5. The van der Waals surface area contributed by atoms with Crippen molar-refractivity contribution >= 4 is 6.03 Å². The van der Waals surface area contributed by atoms with E-state index in [-0.39, 0.29) is 6.04 Å². The van der Waals surface area contributed by atoms with E-state index in [0.717, 1.165) is 0 Å². The molecular formula is C11H23N3O3. The lowest BCUT2D eigenvalue weighted by Gasteiger charge is -2.14. The van der Waals surface area contributed by atoms with E-state index in [9.17, 15) is 5.11 Å². The van der Waals surface area contributed by atoms with E-state index in [1.807, 2.05) is 6.92 Å². The van der Waals surface area contributed by atoms with Crippen molar-refractivity contribution in [3.63, 3.8) is 0 Å². The SMILES string of the molecule is C=CCOCC(O)CNC(C)C=C.NC(N)=O. The number of nitrogens with two attached hydrogens (primary N) is 2. The van der Waals surface area contributed by atoms with Crippen molar-refractivity contribution in [2.75, 3.05) is 19.8 Å². The third kappa shape index (κ3) is 20.7. The Hall–Kier alpha value is -1.37. The maximum absolute atomic E-state index is 9.36. The molecule has 2 atom stereocenters. The Kier molecular flexibility index (Phi) is 13.5. The van der Waals surface area contributed by atoms with Crippen LogP contribution in [0.5, 0.6) is 0 Å². The molecule has 0 aromatic rings. The molecule has 6 nitrogen and oxygen atoms in total. The van der Waals surface area contributed by atoms with Gasteiger partial charge in [-0.1, -0.05) is 12.2 Å². The van der Waals surface area contributed by atoms with E-state index < -0.39 is 12.1 Å². The van der Waals surface area contributed by atoms with E-state index in [1.54, 1.807) is 12.2 Å². The number of hydrogen-bond donors (Lipinski definition) is 4. The molecule has 17 heavy (non-hydrogen) atoms. The normalized spacial score (nSPS) is 12.8. The van der Waals surface area contributed by atoms with Gasteiger partial charge in [0.2, 0.25) is 0 Å². The van der Waals surface area contributed by atoms with Gasteiger partial charge in [-0.2, -0.15) is 0 Å². The molecule has 0 fully saturated rings. The summed E-state index contributed by atoms with van der Waals surface area (Å²) in [5.74, 6) is 0. The van der Waals surface area contributed by atoms with Crippen LogP contribution < -0.4 is 16.8 Å². The molecule has 0 spiro atoms. The van der Waals surface area contributed by atoms with Crippen LogP contribution in [0.3, 0.4) is 0 Å². The molecular weight excluding hydrogens is 222 g/mol. The minimum Gasteiger partial charge on any atom is -0.389 e. The highest BCUT2D eigenvalue weighted by molar-refractivity contribution is 5.69. The van der Waals surface area contributed by atoms with Crippen LogP contribution in [0.1, 0.15) is 6.92 Å². The van der Waals surface area contributed by atoms with Crippen LogP contribution in [0.2, 0.25) is 0 Å². The summed E-state index contributed by atoms with van der Waals surface area (Å²) < 4.78 is 5.08. The summed E-state index contributed by atoms with van der Waals surface area (Å²) in [6.45, 7) is 10.4. The molecule has 0 rings (SSSR count). The Morgan fingerprint density at radius 2 is 2.06 bits per heavy atom. The summed E-state index contributed by atoms with van der Waals surface area (Å²) in [5, 5.41) is 12.4. The van der Waals surface area contributed by atoms with E-state index >= 15 is 0 Å². The predicted molar refractivity (Wildman–Crippen MR) is 68.5 cm³/mol. The molecule has 2 amide bonds. The van der Waals surface area contributed by atoms with Gasteiger partial charge in [0.15, 0.2) is 0 Å². The second-order valence-electron chi connectivity index (χ2n) is 3.31. The number of primary amides is 2. The summed E-state index contributed by atoms with van der Waals surface area (Å²) in [6.07, 6.45) is 2.98. The van der Waals surface area contributed by atoms with E-state index in [0.29, 0.717) is 19.8 Å². The molecule has 0 aliphatic carbocycles. The van der Waals surface area contributed by atoms with Crippen molar-refractivity contribution in [1.29, 1.82) is 0 Å². The van der Waals surface area contributed by atoms with Crippen molar-refractivity contribution in [3.8, 4) is 0 Å². The van der Waals surface area contributed by atoms with Crippen molar-refractivity contribution in [2.24, 2.45) is 11.5 Å². The Morgan fingerprint density at radius 1 is 1.53 bits per heavy atom. The zero-order valence-electron chi connectivity index (χ0n) is 10.3. The average molecular weight is 245 g/mol. The summed E-state index contributed by atoms with van der Waals surface area (Å²) in [6, 6.07) is -0.617. The molecule has 0 aliphatic heterocycles. The Labute approximate surface area is 102 Å². The second-order valence-corrected chi connectivity index (χ2v) is 3.31. The van der Waals surface area contributed by atoms with E-state index in [4.69, 9.17) is 9.53 Å². The first-order chi connectivity index (χ1) is 7.93. The third-order valence-corrected chi connectivity index (χ3v) is 1.57. The molecule has 0 saturated carbocycles. The largest absolute Gasteiger partial charge is 0.389 e. The maximum Gasteiger partial charge on any atom is 0.309 e. The molecule has 0 heterocycles. The Bertz CT molecular complexity index is 218. The molecule has 0 radical (unpaired) electrons. The number of amides is 2. The van der Waals surface area contributed by atoms with Crippen LogP contribution in [0, 0.1) is 0 Å². The molecule has 0 aromatic heterocycles. The van der Waals surface area contributed by atoms with Gasteiger partial charge in [-0.25, -0.2) is 4.79 Å². The lowest BCUT2D eigenvalue weighted by molar-refractivity contribution is 0.0489. The van der Waals surface area contributed by atoms with Crippen LogP contribution >= 0.6 is 0 Å². The molecule has 0 aromatic carbocycles. The third-order valence-electron chi connectivity index (χ3n) is 1.57. The zero-order valence-corrected chi connectivity index (χ0v) is 10.3. The number of rotatable bonds is 8. The van der Waals surface area contributed by atoms with E-state index in [1.165, 1.54) is 0 Å². The summed E-state index contributed by atoms with van der Waals surface area (Å²) >= 11 is 0. The number of hydrogen-bond acceptors (Lipinski definition) is 4. The van der Waals surface area contributed by atoms with Gasteiger partial charge in [0.05, 0.1) is 19.3 Å². The fourth-order valence-corrected chi connectivity index (χ4v) is 0.752. The lowest BCUT2D eigenvalue weighted by atomic mass is 10.3. The van der Waals surface area contributed by atoms with Gasteiger partial charge in [-0.15, -0.1) is 13.2 Å². The summed E-state index contributed by atoms with van der Waals surface area (Å²) in [7, 11) is 0. The van der Waals surface area contributed by atoms with Crippen LogP contribution in [-0.2, 0) is 4.74 Å². The van der Waals surface area contributed by atoms with Gasteiger partial charge in [0.1, 0.15) is 0 Å². The van der Waals surface area contributed by atoms with E-state index in [2.05, 4.69) is 29.9 Å². The number of urea groups is 1. The van der Waals surface area contributed by atoms with Crippen LogP contribution in [-0.4, -0.2) is 43.0 Å². The molecule has 0 bridgehead atoms. The zero-order chi connectivity index (χ0) is 13.7. The number of aliphatic hydroxyl groups excluding tert-OH is 1. The van der Waals surface area contributed by atoms with Crippen molar-refractivity contribution in [2.45, 2.75) is 19.1 Å². The highest BCUT2D eigenvalue weighted by Crippen LogP contribution is 1.87. The standard InChI is InChI=1S/C10H19NO2.CH4N2O/c1-4-6-13-8-10(12)7-11-9(3)5-2;2-1(3)4/h4-5,9-12H,1-2,6-8H2,3H3;(H4,2,3,4). The summed E-state index contributed by atoms with van der Waals surface area (Å²) in [5.41, 5.74) is 8.50. The predicted octanol–water partition coefficient (Wildman–Crippen LogP) is -0.262. The smallest absolute Gasteiger partial charge is 0.309 e. The number of carbonyl (C=O) groups is 1. The minimum absolute atomic E-state index is 0.217. The fourth-order valence-electron chi connectivity index (χ4n) is 0.752. The monoisotopic (exact) mass is 245 g/mol. The fraction of sp³-hybridized carbons (Fsp3) is 0.545. The quantitative estimate of drug-likeness (QED) is 0.348. The van der Waals surface area contributed by atoms with Crippen LogP contribution in [0.15, 0.2) is 25.3 Å². The van der Waals surface area contributed by atoms with Crippen molar-refractivity contribution in [1.82, 2.24) is 5.32 Å². The molecule has 2 unspecified atom stereocenters. The van der Waals surface area contributed by atoms with Gasteiger partial charge >= 0.3 is 6.03 Å². The van der Waals surface area contributed by atoms with Gasteiger partial charge in [0, 0.05) is 12.6 Å². The highest BCUT2D eigenvalue weighted by Gasteiger charge is 2.04. The molecule has 6 heteroatoms. The molecule has 0 saturated heterocycles. The van der Waals surface area contributed by atoms with Crippen molar-refractivity contribution < 1.29 is 14.6 Å². The van der Waals surface area contributed by atoms with Crippen LogP contribution in [0.25, 0.3) is 0 Å². The average Bonchev–Trinajstić information content (AvgIpc) is 2.25. The van der Waals surface area contributed by atoms with Gasteiger partial charge in [-0.3, -0.25) is 0 Å². The lowest BCUT2D eigenvalue weighted by Crippen LogP contribution is -2.34. The second kappa shape index (κ2) is 12.7. The number of aliphatic hydroxyl groups is 1. The Balaban J connectivity index is 0. The molecule has 6 N–H and O–H groups in total. The molecule has 0 aliphatic rings. The molecule has 100 valence electrons. The minimum atomic E-state index is -0.833. The van der Waals surface area contributed by atoms with Gasteiger partial charge in [0.25, 0.3) is 0 Å². The Morgan fingerprint density at radius 3 is 2.47 bits per heavy atom. The van der Waals surface area contributed by atoms with Gasteiger partial charge < -0.3 is 26.6 Å². The number of carbonyl (C=O) groups excluding carboxylic acids is 1. The van der Waals surface area contributed by atoms with Crippen molar-refractivity contribution in [3.05, 3.63) is 25.3 Å². The first-order valence-corrected chi connectivity index (χ1v) is 5.21. The van der Waals surface area contributed by atoms with Crippen LogP contribution in [0.4, 0.5) is 4.79 Å². The first-order valence-electron chi connectivity index (χ1n) is 5.21. The first kappa shape index (κ1) is 18.0. The number of nitrogens with one attached hydrogen (secondary N) is 1. The topological polar surface area (TPSA) is 111 Å². The maximum atomic E-state index is 9.36. The number of ether oxygens (including phenoxy) is 1. The van der Waals surface area contributed by atoms with Gasteiger partial charge in [-0.05, 0) is 6.92 Å². The summed E-state index contributed by atoms with van der Waals surface area (Å²) in [4.78, 5) is 9.00.